The maximum Gasteiger partial charge on any atom is 0.240 e. The van der Waals surface area contributed by atoms with Crippen LogP contribution in [0.15, 0.2) is 18.2 Å². The average molecular weight is 356 g/mol. The smallest absolute Gasteiger partial charge is 0.240 e. The van der Waals surface area contributed by atoms with Crippen LogP contribution in [0, 0.1) is 5.92 Å². The minimum atomic E-state index is -3.61. The number of benzene rings is 1. The van der Waals surface area contributed by atoms with Crippen LogP contribution in [0.25, 0.3) is 0 Å². The van der Waals surface area contributed by atoms with Crippen LogP contribution < -0.4 is 19.1 Å². The van der Waals surface area contributed by atoms with Crippen LogP contribution in [0.4, 0.5) is 5.69 Å². The fraction of sp³-hybridized carbons (Fsp3) is 0.562. The number of ether oxygens (including phenoxy) is 2. The third-order valence-corrected chi connectivity index (χ3v) is 5.76. The Hall–Kier alpha value is -1.96. The van der Waals surface area contributed by atoms with Crippen LogP contribution in [0.1, 0.15) is 27.7 Å². The van der Waals surface area contributed by atoms with Crippen molar-refractivity contribution in [1.82, 2.24) is 5.32 Å². The van der Waals surface area contributed by atoms with E-state index in [0.717, 1.165) is 4.31 Å². The van der Waals surface area contributed by atoms with Crippen molar-refractivity contribution in [1.29, 1.82) is 0 Å². The van der Waals surface area contributed by atoms with Crippen LogP contribution in [-0.2, 0) is 14.8 Å². The molecule has 0 saturated carbocycles. The first-order chi connectivity index (χ1) is 11.2. The summed E-state index contributed by atoms with van der Waals surface area (Å²) in [6.45, 7) is 7.25. The van der Waals surface area contributed by atoms with Crippen molar-refractivity contribution in [3.8, 4) is 11.5 Å². The van der Waals surface area contributed by atoms with E-state index in [1.807, 2.05) is 20.8 Å². The zero-order valence-corrected chi connectivity index (χ0v) is 15.2. The van der Waals surface area contributed by atoms with Gasteiger partial charge in [0.05, 0.1) is 11.4 Å². The van der Waals surface area contributed by atoms with Crippen molar-refractivity contribution in [3.05, 3.63) is 18.2 Å². The van der Waals surface area contributed by atoms with E-state index in [9.17, 15) is 13.2 Å². The van der Waals surface area contributed by atoms with Crippen molar-refractivity contribution >= 4 is 21.6 Å². The van der Waals surface area contributed by atoms with Crippen LogP contribution in [0.5, 0.6) is 11.5 Å². The number of carbonyl (C=O) groups excluding carboxylic acids is 1. The molecule has 1 aromatic carbocycles. The number of fused-ring (bicyclic) bond motifs is 1. The summed E-state index contributed by atoms with van der Waals surface area (Å²) < 4.78 is 36.5. The standard InChI is InChI=1S/C16H24N2O5S/c1-5-24(20,21)18(9-16(19)17-12(4)11(2)3)13-6-7-14-15(8-13)23-10-22-14/h6-8,11-12H,5,9-10H2,1-4H3,(H,17,19). The van der Waals surface area contributed by atoms with Gasteiger partial charge in [0.1, 0.15) is 6.54 Å². The second-order valence-electron chi connectivity index (χ2n) is 6.04. The lowest BCUT2D eigenvalue weighted by Crippen LogP contribution is -2.45. The number of rotatable bonds is 7. The molecule has 1 aromatic rings. The molecule has 1 unspecified atom stereocenters. The molecule has 7 nitrogen and oxygen atoms in total. The summed E-state index contributed by atoms with van der Waals surface area (Å²) in [5.74, 6) is 0.848. The van der Waals surface area contributed by atoms with Crippen LogP contribution in [0.3, 0.4) is 0 Å². The summed E-state index contributed by atoms with van der Waals surface area (Å²) in [7, 11) is -3.61. The molecule has 0 saturated heterocycles. The average Bonchev–Trinajstić information content (AvgIpc) is 2.99. The van der Waals surface area contributed by atoms with Gasteiger partial charge in [-0.2, -0.15) is 0 Å². The number of amides is 1. The number of anilines is 1. The molecule has 1 heterocycles. The quantitative estimate of drug-likeness (QED) is 0.804. The van der Waals surface area contributed by atoms with E-state index < -0.39 is 10.0 Å². The molecule has 0 spiro atoms. The predicted molar refractivity (Wildman–Crippen MR) is 91.8 cm³/mol. The minimum Gasteiger partial charge on any atom is -0.454 e. The summed E-state index contributed by atoms with van der Waals surface area (Å²) >= 11 is 0. The van der Waals surface area contributed by atoms with Crippen LogP contribution >= 0.6 is 0 Å². The summed E-state index contributed by atoms with van der Waals surface area (Å²) in [6.07, 6.45) is 0. The zero-order chi connectivity index (χ0) is 17.9. The van der Waals surface area contributed by atoms with Gasteiger partial charge in [-0.05, 0) is 31.9 Å². The zero-order valence-electron chi connectivity index (χ0n) is 14.4. The monoisotopic (exact) mass is 356 g/mol. The Balaban J connectivity index is 2.24. The fourth-order valence-corrected chi connectivity index (χ4v) is 3.20. The molecular weight excluding hydrogens is 332 g/mol. The lowest BCUT2D eigenvalue weighted by molar-refractivity contribution is -0.120. The number of nitrogens with zero attached hydrogens (tertiary/aromatic N) is 1. The number of hydrogen-bond acceptors (Lipinski definition) is 5. The van der Waals surface area contributed by atoms with Gasteiger partial charge in [0, 0.05) is 12.1 Å². The normalized spacial score (nSPS) is 14.5. The Morgan fingerprint density at radius 2 is 1.92 bits per heavy atom. The molecule has 0 aliphatic carbocycles. The number of carbonyl (C=O) groups is 1. The van der Waals surface area contributed by atoms with Crippen LogP contribution in [-0.4, -0.2) is 39.5 Å². The third kappa shape index (κ3) is 4.11. The topological polar surface area (TPSA) is 84.9 Å². The van der Waals surface area contributed by atoms with E-state index in [1.165, 1.54) is 0 Å². The minimum absolute atomic E-state index is 0.0413. The summed E-state index contributed by atoms with van der Waals surface area (Å²) in [5, 5.41) is 2.83. The molecule has 0 bridgehead atoms. The van der Waals surface area contributed by atoms with Crippen molar-refractivity contribution in [2.75, 3.05) is 23.4 Å². The molecule has 0 aromatic heterocycles. The van der Waals surface area contributed by atoms with Gasteiger partial charge >= 0.3 is 0 Å². The van der Waals surface area contributed by atoms with Gasteiger partial charge < -0.3 is 14.8 Å². The van der Waals surface area contributed by atoms with Gasteiger partial charge in [-0.25, -0.2) is 8.42 Å². The predicted octanol–water partition coefficient (Wildman–Crippen LogP) is 1.73. The van der Waals surface area contributed by atoms with E-state index >= 15 is 0 Å². The summed E-state index contributed by atoms with van der Waals surface area (Å²) in [6, 6.07) is 4.79. The number of hydrogen-bond donors (Lipinski definition) is 1. The summed E-state index contributed by atoms with van der Waals surface area (Å²) in [5.41, 5.74) is 0.383. The van der Waals surface area contributed by atoms with Gasteiger partial charge in [0.15, 0.2) is 11.5 Å². The Morgan fingerprint density at radius 3 is 2.54 bits per heavy atom. The number of nitrogens with one attached hydrogen (secondary N) is 1. The molecule has 1 atom stereocenters. The first-order valence-corrected chi connectivity index (χ1v) is 9.55. The molecular formula is C16H24N2O5S. The molecule has 1 amide bonds. The van der Waals surface area contributed by atoms with E-state index in [-0.39, 0.29) is 37.0 Å². The van der Waals surface area contributed by atoms with Gasteiger partial charge in [-0.1, -0.05) is 13.8 Å². The van der Waals surface area contributed by atoms with E-state index in [1.54, 1.807) is 25.1 Å². The third-order valence-electron chi connectivity index (χ3n) is 4.02. The molecule has 8 heteroatoms. The van der Waals surface area contributed by atoms with Gasteiger partial charge in [-0.15, -0.1) is 0 Å². The molecule has 2 rings (SSSR count). The largest absolute Gasteiger partial charge is 0.454 e. The molecule has 134 valence electrons. The maximum atomic E-state index is 12.4. The highest BCUT2D eigenvalue weighted by atomic mass is 32.2. The molecule has 1 aliphatic heterocycles. The lowest BCUT2D eigenvalue weighted by Gasteiger charge is -2.25. The molecule has 1 aliphatic rings. The van der Waals surface area contributed by atoms with Gasteiger partial charge in [0.25, 0.3) is 0 Å². The first-order valence-electron chi connectivity index (χ1n) is 7.94. The Labute approximate surface area is 143 Å². The van der Waals surface area contributed by atoms with Crippen LogP contribution in [0.2, 0.25) is 0 Å². The summed E-state index contributed by atoms with van der Waals surface area (Å²) in [4.78, 5) is 12.3. The molecule has 24 heavy (non-hydrogen) atoms. The molecule has 0 fully saturated rings. The van der Waals surface area contributed by atoms with Gasteiger partial charge in [0.2, 0.25) is 22.7 Å². The Kier molecular flexibility index (Phi) is 5.58. The second-order valence-corrected chi connectivity index (χ2v) is 8.23. The molecule has 0 radical (unpaired) electrons. The van der Waals surface area contributed by atoms with Gasteiger partial charge in [-0.3, -0.25) is 9.10 Å². The van der Waals surface area contributed by atoms with E-state index in [0.29, 0.717) is 17.2 Å². The Bertz CT molecular complexity index is 702. The van der Waals surface area contributed by atoms with E-state index in [2.05, 4.69) is 5.32 Å². The molecule has 1 N–H and O–H groups in total. The lowest BCUT2D eigenvalue weighted by atomic mass is 10.1. The Morgan fingerprint density at radius 1 is 1.25 bits per heavy atom. The van der Waals surface area contributed by atoms with Crippen molar-refractivity contribution in [2.24, 2.45) is 5.92 Å². The van der Waals surface area contributed by atoms with E-state index in [4.69, 9.17) is 9.47 Å². The highest BCUT2D eigenvalue weighted by Gasteiger charge is 2.26. The van der Waals surface area contributed by atoms with Crippen molar-refractivity contribution in [3.63, 3.8) is 0 Å². The number of sulfonamides is 1. The maximum absolute atomic E-state index is 12.4. The fourth-order valence-electron chi connectivity index (χ4n) is 2.14. The second kappa shape index (κ2) is 7.29. The highest BCUT2D eigenvalue weighted by Crippen LogP contribution is 2.36. The SMILES string of the molecule is CCS(=O)(=O)N(CC(=O)NC(C)C(C)C)c1ccc2c(c1)OCO2. The first kappa shape index (κ1) is 18.4. The highest BCUT2D eigenvalue weighted by molar-refractivity contribution is 7.92. The van der Waals surface area contributed by atoms with Crippen molar-refractivity contribution < 1.29 is 22.7 Å². The van der Waals surface area contributed by atoms with Crippen molar-refractivity contribution in [2.45, 2.75) is 33.7 Å².